The number of aliphatic hydroxyl groups excluding tert-OH is 1. The molecule has 2 atom stereocenters. The van der Waals surface area contributed by atoms with Gasteiger partial charge in [-0.15, -0.1) is 5.10 Å². The Kier molecular flexibility index (Phi) is 4.80. The molecular formula is C20H21F2N5O. The molecule has 3 heterocycles. The maximum Gasteiger partial charge on any atom is 0.158 e. The standard InChI is InChI=1S/C20H21F2N5O/c1-11(16-4-3-13(21)7-18(16)22)24-20-17-8-14(27-6-5-15(28)10-27)9-23-19(17)12(2)25-26-20/h3-4,7-9,11,15,28H,5-6,10H2,1-2H3,(H,24,26)/t11-,15+/m1/s1. The average Bonchev–Trinajstić information content (AvgIpc) is 3.10. The van der Waals surface area contributed by atoms with E-state index < -0.39 is 17.7 Å². The van der Waals surface area contributed by atoms with E-state index in [-0.39, 0.29) is 6.10 Å². The zero-order chi connectivity index (χ0) is 19.8. The summed E-state index contributed by atoms with van der Waals surface area (Å²) in [6.07, 6.45) is 2.14. The normalized spacial score (nSPS) is 17.9. The van der Waals surface area contributed by atoms with Gasteiger partial charge < -0.3 is 15.3 Å². The Labute approximate surface area is 161 Å². The molecule has 0 amide bonds. The molecule has 0 saturated carbocycles. The summed E-state index contributed by atoms with van der Waals surface area (Å²) in [6.45, 7) is 4.92. The van der Waals surface area contributed by atoms with Gasteiger partial charge in [-0.25, -0.2) is 8.78 Å². The lowest BCUT2D eigenvalue weighted by Crippen LogP contribution is -2.21. The SMILES string of the molecule is Cc1nnc(N[C@H](C)c2ccc(F)cc2F)c2cc(N3CC[C@H](O)C3)cnc12. The summed E-state index contributed by atoms with van der Waals surface area (Å²) in [4.78, 5) is 6.60. The number of aryl methyl sites for hydroxylation is 1. The molecule has 2 aromatic heterocycles. The van der Waals surface area contributed by atoms with Crippen molar-refractivity contribution in [1.82, 2.24) is 15.2 Å². The van der Waals surface area contributed by atoms with Gasteiger partial charge in [0.05, 0.1) is 35.2 Å². The van der Waals surface area contributed by atoms with Crippen LogP contribution >= 0.6 is 0 Å². The van der Waals surface area contributed by atoms with Crippen molar-refractivity contribution in [2.24, 2.45) is 0 Å². The summed E-state index contributed by atoms with van der Waals surface area (Å²) in [5, 5.41) is 22.1. The molecule has 0 aliphatic carbocycles. The summed E-state index contributed by atoms with van der Waals surface area (Å²) in [6, 6.07) is 5.02. The highest BCUT2D eigenvalue weighted by atomic mass is 19.1. The molecule has 28 heavy (non-hydrogen) atoms. The van der Waals surface area contributed by atoms with Crippen molar-refractivity contribution < 1.29 is 13.9 Å². The van der Waals surface area contributed by atoms with Crippen LogP contribution < -0.4 is 10.2 Å². The molecule has 0 bridgehead atoms. The van der Waals surface area contributed by atoms with Crippen LogP contribution in [-0.4, -0.2) is 39.5 Å². The first-order chi connectivity index (χ1) is 13.4. The Morgan fingerprint density at radius 3 is 2.79 bits per heavy atom. The molecule has 0 spiro atoms. The van der Waals surface area contributed by atoms with Crippen molar-refractivity contribution in [2.75, 3.05) is 23.3 Å². The third-order valence-electron chi connectivity index (χ3n) is 5.08. The minimum absolute atomic E-state index is 0.337. The first-order valence-corrected chi connectivity index (χ1v) is 9.20. The van der Waals surface area contributed by atoms with Crippen LogP contribution in [0.1, 0.15) is 30.6 Å². The van der Waals surface area contributed by atoms with E-state index in [0.29, 0.717) is 29.1 Å². The van der Waals surface area contributed by atoms with Gasteiger partial charge in [0.15, 0.2) is 5.82 Å². The van der Waals surface area contributed by atoms with E-state index in [1.54, 1.807) is 13.1 Å². The molecule has 0 radical (unpaired) electrons. The average molecular weight is 385 g/mol. The third-order valence-corrected chi connectivity index (χ3v) is 5.08. The molecule has 8 heteroatoms. The van der Waals surface area contributed by atoms with Gasteiger partial charge in [0, 0.05) is 30.1 Å². The summed E-state index contributed by atoms with van der Waals surface area (Å²) in [7, 11) is 0. The first kappa shape index (κ1) is 18.5. The fourth-order valence-corrected chi connectivity index (χ4v) is 3.54. The van der Waals surface area contributed by atoms with Crippen LogP contribution in [-0.2, 0) is 0 Å². The van der Waals surface area contributed by atoms with Gasteiger partial charge >= 0.3 is 0 Å². The Morgan fingerprint density at radius 1 is 1.25 bits per heavy atom. The summed E-state index contributed by atoms with van der Waals surface area (Å²) in [5.74, 6) is -0.754. The highest BCUT2D eigenvalue weighted by molar-refractivity contribution is 5.92. The van der Waals surface area contributed by atoms with E-state index in [2.05, 4.69) is 25.4 Å². The van der Waals surface area contributed by atoms with E-state index in [0.717, 1.165) is 30.1 Å². The number of nitrogens with zero attached hydrogens (tertiary/aromatic N) is 4. The predicted octanol–water partition coefficient (Wildman–Crippen LogP) is 3.36. The van der Waals surface area contributed by atoms with E-state index >= 15 is 0 Å². The molecule has 6 nitrogen and oxygen atoms in total. The van der Waals surface area contributed by atoms with E-state index in [4.69, 9.17) is 0 Å². The van der Waals surface area contributed by atoms with Gasteiger partial charge in [-0.3, -0.25) is 4.98 Å². The molecule has 146 valence electrons. The lowest BCUT2D eigenvalue weighted by atomic mass is 10.1. The van der Waals surface area contributed by atoms with Crippen molar-refractivity contribution in [3.05, 3.63) is 53.4 Å². The van der Waals surface area contributed by atoms with Crippen molar-refractivity contribution in [3.8, 4) is 0 Å². The molecule has 2 N–H and O–H groups in total. The first-order valence-electron chi connectivity index (χ1n) is 9.20. The van der Waals surface area contributed by atoms with Crippen LogP contribution in [0, 0.1) is 18.6 Å². The maximum atomic E-state index is 14.1. The number of benzene rings is 1. The van der Waals surface area contributed by atoms with Crippen molar-refractivity contribution in [3.63, 3.8) is 0 Å². The van der Waals surface area contributed by atoms with Gasteiger partial charge in [-0.2, -0.15) is 5.10 Å². The van der Waals surface area contributed by atoms with Crippen molar-refractivity contribution in [2.45, 2.75) is 32.4 Å². The number of hydrogen-bond acceptors (Lipinski definition) is 6. The van der Waals surface area contributed by atoms with Crippen molar-refractivity contribution in [1.29, 1.82) is 0 Å². The van der Waals surface area contributed by atoms with Gasteiger partial charge in [0.2, 0.25) is 0 Å². The molecule has 1 aliphatic heterocycles. The quantitative estimate of drug-likeness (QED) is 0.718. The van der Waals surface area contributed by atoms with Crippen molar-refractivity contribution >= 4 is 22.4 Å². The van der Waals surface area contributed by atoms with E-state index in [1.807, 2.05) is 13.0 Å². The number of hydrogen-bond donors (Lipinski definition) is 2. The van der Waals surface area contributed by atoms with Gasteiger partial charge in [0.25, 0.3) is 0 Å². The molecule has 1 aromatic carbocycles. The fraction of sp³-hybridized carbons (Fsp3) is 0.350. The number of anilines is 2. The highest BCUT2D eigenvalue weighted by Crippen LogP contribution is 2.30. The van der Waals surface area contributed by atoms with E-state index in [9.17, 15) is 13.9 Å². The third kappa shape index (κ3) is 3.47. The second kappa shape index (κ2) is 7.27. The Bertz CT molecular complexity index is 1030. The molecule has 1 saturated heterocycles. The molecule has 4 rings (SSSR count). The Morgan fingerprint density at radius 2 is 2.07 bits per heavy atom. The minimum atomic E-state index is -0.616. The smallest absolute Gasteiger partial charge is 0.158 e. The summed E-state index contributed by atoms with van der Waals surface area (Å²) < 4.78 is 27.3. The zero-order valence-electron chi connectivity index (χ0n) is 15.7. The fourth-order valence-electron chi connectivity index (χ4n) is 3.54. The predicted molar refractivity (Wildman–Crippen MR) is 103 cm³/mol. The lowest BCUT2D eigenvalue weighted by molar-refractivity contribution is 0.198. The number of aliphatic hydroxyl groups is 1. The molecule has 0 unspecified atom stereocenters. The Hall–Kier alpha value is -2.87. The second-order valence-corrected chi connectivity index (χ2v) is 7.14. The van der Waals surface area contributed by atoms with Crippen LogP contribution in [0.2, 0.25) is 0 Å². The van der Waals surface area contributed by atoms with Gasteiger partial charge in [-0.05, 0) is 32.4 Å². The van der Waals surface area contributed by atoms with Crippen LogP contribution in [0.25, 0.3) is 10.9 Å². The maximum absolute atomic E-state index is 14.1. The number of aromatic nitrogens is 3. The number of nitrogens with one attached hydrogen (secondary N) is 1. The number of pyridine rings is 1. The molecule has 3 aromatic rings. The highest BCUT2D eigenvalue weighted by Gasteiger charge is 2.22. The van der Waals surface area contributed by atoms with Crippen LogP contribution in [0.3, 0.4) is 0 Å². The molecular weight excluding hydrogens is 364 g/mol. The van der Waals surface area contributed by atoms with Crippen LogP contribution in [0.4, 0.5) is 20.3 Å². The topological polar surface area (TPSA) is 74.2 Å². The number of rotatable bonds is 4. The summed E-state index contributed by atoms with van der Waals surface area (Å²) >= 11 is 0. The minimum Gasteiger partial charge on any atom is -0.391 e. The molecule has 1 fully saturated rings. The van der Waals surface area contributed by atoms with Gasteiger partial charge in [0.1, 0.15) is 11.6 Å². The summed E-state index contributed by atoms with van der Waals surface area (Å²) in [5.41, 5.74) is 2.62. The van der Waals surface area contributed by atoms with Crippen LogP contribution in [0.15, 0.2) is 30.5 Å². The number of fused-ring (bicyclic) bond motifs is 1. The zero-order valence-corrected chi connectivity index (χ0v) is 15.7. The van der Waals surface area contributed by atoms with Gasteiger partial charge in [-0.1, -0.05) is 6.07 Å². The molecule has 1 aliphatic rings. The monoisotopic (exact) mass is 385 g/mol. The second-order valence-electron chi connectivity index (χ2n) is 7.14. The Balaban J connectivity index is 1.70. The largest absolute Gasteiger partial charge is 0.391 e. The lowest BCUT2D eigenvalue weighted by Gasteiger charge is -2.20. The van der Waals surface area contributed by atoms with Crippen LogP contribution in [0.5, 0.6) is 0 Å². The van der Waals surface area contributed by atoms with E-state index in [1.165, 1.54) is 12.1 Å². The number of halogens is 2. The number of β-amino-alcohol motifs (C(OH)–C–C–N with tert-alkyl or cyclic N) is 1.